The lowest BCUT2D eigenvalue weighted by molar-refractivity contribution is -0.131. The van der Waals surface area contributed by atoms with Gasteiger partial charge < -0.3 is 10.2 Å². The van der Waals surface area contributed by atoms with E-state index in [2.05, 4.69) is 33.4 Å². The Morgan fingerprint density at radius 1 is 1.21 bits per heavy atom. The van der Waals surface area contributed by atoms with Crippen molar-refractivity contribution in [2.75, 3.05) is 13.6 Å². The standard InChI is InChI=1S/C19H19BrN2O2/c1-22(17-10-9-13-5-2-3-8-16(13)17)18(23)12-21-19(24)14-6-4-7-15(20)11-14/h2-8,11,17H,9-10,12H2,1H3,(H,21,24). The highest BCUT2D eigenvalue weighted by Gasteiger charge is 2.28. The maximum atomic E-state index is 12.4. The number of fused-ring (bicyclic) bond motifs is 1. The van der Waals surface area contributed by atoms with Crippen molar-refractivity contribution in [2.24, 2.45) is 0 Å². The van der Waals surface area contributed by atoms with Crippen molar-refractivity contribution in [3.05, 3.63) is 69.7 Å². The van der Waals surface area contributed by atoms with Crippen LogP contribution < -0.4 is 5.32 Å². The van der Waals surface area contributed by atoms with Crippen LogP contribution in [-0.4, -0.2) is 30.3 Å². The number of aryl methyl sites for hydroxylation is 1. The molecule has 1 atom stereocenters. The number of hydrogen-bond donors (Lipinski definition) is 1. The maximum absolute atomic E-state index is 12.4. The lowest BCUT2D eigenvalue weighted by Crippen LogP contribution is -2.39. The van der Waals surface area contributed by atoms with Gasteiger partial charge in [0.05, 0.1) is 12.6 Å². The molecule has 5 heteroatoms. The van der Waals surface area contributed by atoms with Crippen LogP contribution in [0.1, 0.15) is 33.9 Å². The summed E-state index contributed by atoms with van der Waals surface area (Å²) >= 11 is 3.34. The number of hydrogen-bond acceptors (Lipinski definition) is 2. The Hall–Kier alpha value is -2.14. The van der Waals surface area contributed by atoms with Gasteiger partial charge in [0.1, 0.15) is 0 Å². The Morgan fingerprint density at radius 3 is 2.79 bits per heavy atom. The number of benzene rings is 2. The number of likely N-dealkylation sites (N-methyl/N-ethyl adjacent to an activating group) is 1. The molecule has 0 saturated heterocycles. The predicted octanol–water partition coefficient (Wildman–Crippen LogP) is 3.32. The third kappa shape index (κ3) is 3.51. The molecule has 24 heavy (non-hydrogen) atoms. The number of carbonyl (C=O) groups excluding carboxylic acids is 2. The number of amides is 2. The minimum Gasteiger partial charge on any atom is -0.343 e. The minimum absolute atomic E-state index is 0.000509. The summed E-state index contributed by atoms with van der Waals surface area (Å²) in [6.07, 6.45) is 1.92. The molecule has 124 valence electrons. The molecule has 0 aromatic heterocycles. The fourth-order valence-corrected chi connectivity index (χ4v) is 3.52. The first-order valence-electron chi connectivity index (χ1n) is 7.93. The minimum atomic E-state index is -0.245. The largest absolute Gasteiger partial charge is 0.343 e. The van der Waals surface area contributed by atoms with E-state index in [4.69, 9.17) is 0 Å². The van der Waals surface area contributed by atoms with E-state index in [0.29, 0.717) is 5.56 Å². The Kier molecular flexibility index (Phi) is 5.00. The average molecular weight is 387 g/mol. The lowest BCUT2D eigenvalue weighted by Gasteiger charge is -2.25. The number of carbonyl (C=O) groups is 2. The maximum Gasteiger partial charge on any atom is 0.251 e. The van der Waals surface area contributed by atoms with E-state index in [-0.39, 0.29) is 24.4 Å². The van der Waals surface area contributed by atoms with Gasteiger partial charge in [-0.2, -0.15) is 0 Å². The average Bonchev–Trinajstić information content (AvgIpc) is 3.02. The first-order chi connectivity index (χ1) is 11.6. The lowest BCUT2D eigenvalue weighted by atomic mass is 10.1. The second kappa shape index (κ2) is 7.18. The van der Waals surface area contributed by atoms with Gasteiger partial charge >= 0.3 is 0 Å². The molecular formula is C19H19BrN2O2. The van der Waals surface area contributed by atoms with Crippen LogP contribution in [0, 0.1) is 0 Å². The molecule has 1 aliphatic carbocycles. The third-order valence-electron chi connectivity index (χ3n) is 4.45. The highest BCUT2D eigenvalue weighted by Crippen LogP contribution is 2.34. The van der Waals surface area contributed by atoms with E-state index in [9.17, 15) is 9.59 Å². The molecule has 0 aliphatic heterocycles. The highest BCUT2D eigenvalue weighted by atomic mass is 79.9. The molecule has 1 unspecified atom stereocenters. The second-order valence-corrected chi connectivity index (χ2v) is 6.87. The molecule has 2 aromatic rings. The van der Waals surface area contributed by atoms with Gasteiger partial charge in [0, 0.05) is 17.1 Å². The predicted molar refractivity (Wildman–Crippen MR) is 96.7 cm³/mol. The van der Waals surface area contributed by atoms with E-state index in [1.165, 1.54) is 11.1 Å². The van der Waals surface area contributed by atoms with Crippen LogP contribution in [0.4, 0.5) is 0 Å². The summed E-state index contributed by atoms with van der Waals surface area (Å²) in [6, 6.07) is 15.4. The summed E-state index contributed by atoms with van der Waals surface area (Å²) in [4.78, 5) is 26.3. The molecule has 4 nitrogen and oxygen atoms in total. The number of halogens is 1. The summed E-state index contributed by atoms with van der Waals surface area (Å²) < 4.78 is 0.834. The van der Waals surface area contributed by atoms with Crippen LogP contribution in [0.3, 0.4) is 0 Å². The van der Waals surface area contributed by atoms with Crippen molar-refractivity contribution < 1.29 is 9.59 Å². The first-order valence-corrected chi connectivity index (χ1v) is 8.73. The zero-order chi connectivity index (χ0) is 17.1. The molecule has 0 heterocycles. The van der Waals surface area contributed by atoms with E-state index >= 15 is 0 Å². The molecule has 2 amide bonds. The summed E-state index contributed by atoms with van der Waals surface area (Å²) in [5.41, 5.74) is 3.05. The smallest absolute Gasteiger partial charge is 0.251 e. The third-order valence-corrected chi connectivity index (χ3v) is 4.94. The number of nitrogens with one attached hydrogen (secondary N) is 1. The van der Waals surface area contributed by atoms with Crippen LogP contribution in [0.15, 0.2) is 53.0 Å². The van der Waals surface area contributed by atoms with Crippen LogP contribution in [0.25, 0.3) is 0 Å². The molecule has 0 saturated carbocycles. The van der Waals surface area contributed by atoms with Crippen molar-refractivity contribution in [3.63, 3.8) is 0 Å². The second-order valence-electron chi connectivity index (χ2n) is 5.95. The van der Waals surface area contributed by atoms with Gasteiger partial charge in [0.15, 0.2) is 0 Å². The van der Waals surface area contributed by atoms with E-state index in [1.54, 1.807) is 30.1 Å². The zero-order valence-corrected chi connectivity index (χ0v) is 15.0. The molecule has 3 rings (SSSR count). The van der Waals surface area contributed by atoms with Gasteiger partial charge in [-0.05, 0) is 42.2 Å². The van der Waals surface area contributed by atoms with Crippen molar-refractivity contribution in [1.82, 2.24) is 10.2 Å². The monoisotopic (exact) mass is 386 g/mol. The van der Waals surface area contributed by atoms with Crippen LogP contribution >= 0.6 is 15.9 Å². The molecule has 0 spiro atoms. The van der Waals surface area contributed by atoms with Crippen molar-refractivity contribution in [2.45, 2.75) is 18.9 Å². The summed E-state index contributed by atoms with van der Waals surface area (Å²) in [5.74, 6) is -0.329. The Balaban J connectivity index is 1.60. The van der Waals surface area contributed by atoms with Gasteiger partial charge in [-0.15, -0.1) is 0 Å². The number of nitrogens with zero attached hydrogens (tertiary/aromatic N) is 1. The van der Waals surface area contributed by atoms with Crippen molar-refractivity contribution >= 4 is 27.7 Å². The van der Waals surface area contributed by atoms with Crippen molar-refractivity contribution in [1.29, 1.82) is 0 Å². The van der Waals surface area contributed by atoms with Gasteiger partial charge in [0.2, 0.25) is 5.91 Å². The van der Waals surface area contributed by atoms with Crippen LogP contribution in [-0.2, 0) is 11.2 Å². The normalized spacial score (nSPS) is 15.7. The Bertz CT molecular complexity index is 775. The molecule has 1 aliphatic rings. The first kappa shape index (κ1) is 16.7. The van der Waals surface area contributed by atoms with E-state index < -0.39 is 0 Å². The fourth-order valence-electron chi connectivity index (χ4n) is 3.12. The quantitative estimate of drug-likeness (QED) is 0.875. The topological polar surface area (TPSA) is 49.4 Å². The van der Waals surface area contributed by atoms with Crippen molar-refractivity contribution in [3.8, 4) is 0 Å². The Morgan fingerprint density at radius 2 is 2.00 bits per heavy atom. The molecular weight excluding hydrogens is 368 g/mol. The molecule has 0 bridgehead atoms. The SMILES string of the molecule is CN(C(=O)CNC(=O)c1cccc(Br)c1)C1CCc2ccccc21. The van der Waals surface area contributed by atoms with E-state index in [1.807, 2.05) is 18.2 Å². The number of rotatable bonds is 4. The van der Waals surface area contributed by atoms with Gasteiger partial charge in [-0.3, -0.25) is 9.59 Å². The molecule has 0 radical (unpaired) electrons. The zero-order valence-electron chi connectivity index (χ0n) is 13.5. The summed E-state index contributed by atoms with van der Waals surface area (Å²) in [5, 5.41) is 2.70. The van der Waals surface area contributed by atoms with Gasteiger partial charge in [-0.1, -0.05) is 46.3 Å². The van der Waals surface area contributed by atoms with Gasteiger partial charge in [-0.25, -0.2) is 0 Å². The van der Waals surface area contributed by atoms with Crippen LogP contribution in [0.5, 0.6) is 0 Å². The van der Waals surface area contributed by atoms with Gasteiger partial charge in [0.25, 0.3) is 5.91 Å². The molecule has 2 aromatic carbocycles. The molecule has 1 N–H and O–H groups in total. The Labute approximate surface area is 150 Å². The highest BCUT2D eigenvalue weighted by molar-refractivity contribution is 9.10. The summed E-state index contributed by atoms with van der Waals surface area (Å²) in [6.45, 7) is 0.000509. The molecule has 0 fully saturated rings. The van der Waals surface area contributed by atoms with Crippen LogP contribution in [0.2, 0.25) is 0 Å². The summed E-state index contributed by atoms with van der Waals surface area (Å²) in [7, 11) is 1.81. The van der Waals surface area contributed by atoms with E-state index in [0.717, 1.165) is 17.3 Å². The fraction of sp³-hybridized carbons (Fsp3) is 0.263.